The summed E-state index contributed by atoms with van der Waals surface area (Å²) >= 11 is 0. The first-order chi connectivity index (χ1) is 15.8. The minimum Gasteiger partial charge on any atom is -0.354 e. The van der Waals surface area contributed by atoms with Crippen molar-refractivity contribution in [1.29, 1.82) is 0 Å². The molecule has 0 aromatic carbocycles. The molecule has 4 atom stereocenters. The summed E-state index contributed by atoms with van der Waals surface area (Å²) in [4.78, 5) is 44.5. The zero-order valence-corrected chi connectivity index (χ0v) is 19.7. The van der Waals surface area contributed by atoms with Crippen molar-refractivity contribution in [3.63, 3.8) is 0 Å². The van der Waals surface area contributed by atoms with Gasteiger partial charge in [0.2, 0.25) is 11.8 Å². The maximum atomic E-state index is 13.4. The molecule has 3 aliphatic rings. The molecule has 0 bridgehead atoms. The second-order valence-electron chi connectivity index (χ2n) is 10.7. The number of ketones is 1. The molecule has 3 heterocycles. The van der Waals surface area contributed by atoms with Gasteiger partial charge in [0.25, 0.3) is 0 Å². The Morgan fingerprint density at radius 1 is 1.21 bits per heavy atom. The minimum atomic E-state index is -0.416. The van der Waals surface area contributed by atoms with Crippen molar-refractivity contribution < 1.29 is 14.4 Å². The van der Waals surface area contributed by atoms with Gasteiger partial charge in [-0.3, -0.25) is 24.0 Å². The van der Waals surface area contributed by atoms with Crippen LogP contribution in [0.5, 0.6) is 0 Å². The number of piperidine rings is 1. The van der Waals surface area contributed by atoms with Gasteiger partial charge in [-0.15, -0.1) is 0 Å². The summed E-state index contributed by atoms with van der Waals surface area (Å²) in [7, 11) is 0. The third-order valence-electron chi connectivity index (χ3n) is 8.12. The van der Waals surface area contributed by atoms with E-state index < -0.39 is 6.04 Å². The van der Waals surface area contributed by atoms with E-state index in [1.165, 1.54) is 26.2 Å². The first-order valence-corrected chi connectivity index (χ1v) is 12.2. The highest BCUT2D eigenvalue weighted by atomic mass is 16.2. The number of aromatic nitrogens is 3. The molecule has 2 amide bonds. The quantitative estimate of drug-likeness (QED) is 0.681. The largest absolute Gasteiger partial charge is 0.354 e. The number of Topliss-reactive ketones (excluding diaryl/α,β-unsaturated/α-hetero) is 1. The van der Waals surface area contributed by atoms with Crippen LogP contribution in [0, 0.1) is 17.3 Å². The van der Waals surface area contributed by atoms with E-state index in [9.17, 15) is 14.4 Å². The zero-order chi connectivity index (χ0) is 23.3. The van der Waals surface area contributed by atoms with Gasteiger partial charge < -0.3 is 10.2 Å². The molecule has 0 spiro atoms. The van der Waals surface area contributed by atoms with E-state index in [4.69, 9.17) is 0 Å². The van der Waals surface area contributed by atoms with E-state index in [0.717, 1.165) is 19.3 Å². The normalized spacial score (nSPS) is 27.9. The first-order valence-electron chi connectivity index (χ1n) is 12.2. The predicted molar refractivity (Wildman–Crippen MR) is 123 cm³/mol. The summed E-state index contributed by atoms with van der Waals surface area (Å²) in [5.41, 5.74) is 1.24. The summed E-state index contributed by atoms with van der Waals surface area (Å²) < 4.78 is 1.55. The molecule has 8 heteroatoms. The van der Waals surface area contributed by atoms with E-state index >= 15 is 0 Å². The number of carbonyl (C=O) groups excluding carboxylic acids is 3. The topological polar surface area (TPSA) is 97.2 Å². The van der Waals surface area contributed by atoms with Crippen LogP contribution >= 0.6 is 0 Å². The van der Waals surface area contributed by atoms with Crippen LogP contribution in [0.4, 0.5) is 0 Å². The Labute approximate surface area is 194 Å². The molecule has 3 fully saturated rings. The highest BCUT2D eigenvalue weighted by Crippen LogP contribution is 2.48. The average Bonchev–Trinajstić information content (AvgIpc) is 3.28. The van der Waals surface area contributed by atoms with E-state index in [2.05, 4.69) is 29.2 Å². The fourth-order valence-electron chi connectivity index (χ4n) is 5.95. The second-order valence-corrected chi connectivity index (χ2v) is 10.7. The monoisotopic (exact) mass is 451 g/mol. The summed E-state index contributed by atoms with van der Waals surface area (Å²) in [5.74, 6) is 0.585. The van der Waals surface area contributed by atoms with Gasteiger partial charge in [-0.2, -0.15) is 5.10 Å². The molecular weight excluding hydrogens is 418 g/mol. The van der Waals surface area contributed by atoms with E-state index in [1.807, 2.05) is 0 Å². The number of nitrogens with zero attached hydrogens (tertiary/aromatic N) is 4. The molecule has 176 valence electrons. The van der Waals surface area contributed by atoms with Crippen molar-refractivity contribution in [2.24, 2.45) is 17.3 Å². The van der Waals surface area contributed by atoms with Crippen LogP contribution in [0.2, 0.25) is 0 Å². The Bertz CT molecular complexity index is 1110. The third kappa shape index (κ3) is 4.04. The van der Waals surface area contributed by atoms with Crippen LogP contribution in [0.1, 0.15) is 69.8 Å². The summed E-state index contributed by atoms with van der Waals surface area (Å²) in [6, 6.07) is 1.47. The average molecular weight is 452 g/mol. The molecule has 2 aromatic rings. The van der Waals surface area contributed by atoms with Crippen LogP contribution in [-0.4, -0.2) is 55.9 Å². The maximum absolute atomic E-state index is 13.4. The number of hydrogen-bond acceptors (Lipinski definition) is 5. The first kappa shape index (κ1) is 22.0. The van der Waals surface area contributed by atoms with Crippen LogP contribution in [0.3, 0.4) is 0 Å². The Kier molecular flexibility index (Phi) is 5.49. The van der Waals surface area contributed by atoms with Gasteiger partial charge in [0, 0.05) is 31.1 Å². The van der Waals surface area contributed by atoms with Crippen molar-refractivity contribution in [3.05, 3.63) is 24.2 Å². The predicted octanol–water partition coefficient (Wildman–Crippen LogP) is 2.96. The zero-order valence-electron chi connectivity index (χ0n) is 19.7. The molecule has 0 radical (unpaired) electrons. The molecular formula is C25H33N5O3. The molecule has 2 aromatic heterocycles. The fourth-order valence-corrected chi connectivity index (χ4v) is 5.95. The molecule has 2 saturated carbocycles. The van der Waals surface area contributed by atoms with Crippen LogP contribution in [-0.2, 0) is 16.1 Å². The summed E-state index contributed by atoms with van der Waals surface area (Å²) in [6.07, 6.45) is 9.76. The van der Waals surface area contributed by atoms with Gasteiger partial charge >= 0.3 is 0 Å². The highest BCUT2D eigenvalue weighted by Gasteiger charge is 2.56. The Hall–Kier alpha value is -2.77. The molecule has 33 heavy (non-hydrogen) atoms. The highest BCUT2D eigenvalue weighted by molar-refractivity contribution is 6.04. The molecule has 1 N–H and O–H groups in total. The van der Waals surface area contributed by atoms with Crippen LogP contribution < -0.4 is 5.32 Å². The van der Waals surface area contributed by atoms with Gasteiger partial charge in [0.1, 0.15) is 18.3 Å². The van der Waals surface area contributed by atoms with Crippen molar-refractivity contribution >= 4 is 28.5 Å². The van der Waals surface area contributed by atoms with Crippen molar-refractivity contribution in [1.82, 2.24) is 25.0 Å². The number of amides is 2. The van der Waals surface area contributed by atoms with Crippen LogP contribution in [0.15, 0.2) is 18.5 Å². The molecule has 5 rings (SSSR count). The lowest BCUT2D eigenvalue weighted by atomic mass is 9.69. The van der Waals surface area contributed by atoms with Crippen molar-refractivity contribution in [3.8, 4) is 0 Å². The molecule has 1 aliphatic heterocycles. The van der Waals surface area contributed by atoms with Crippen LogP contribution in [0.25, 0.3) is 10.9 Å². The van der Waals surface area contributed by atoms with Crippen molar-refractivity contribution in [2.75, 3.05) is 6.54 Å². The standard InChI is InChI=1S/C25H33N5O3/c1-15(31)23-18-7-9-26-13-21(18)29(28-23)14-22(32)30-19-10-16(19)11-20(30)24(33)27-12-17-6-4-5-8-25(17,2)3/h7,9,13,16-17,19-20H,4-6,8,10-12,14H2,1-3H3,(H,27,33)/t16-,17+,19-,20+/m1/s1. The van der Waals surface area contributed by atoms with Gasteiger partial charge in [0.05, 0.1) is 11.7 Å². The smallest absolute Gasteiger partial charge is 0.245 e. The van der Waals surface area contributed by atoms with E-state index in [1.54, 1.807) is 28.0 Å². The number of rotatable bonds is 6. The number of carbonyl (C=O) groups is 3. The minimum absolute atomic E-state index is 0.00186. The number of pyridine rings is 1. The number of likely N-dealkylation sites (tertiary alicyclic amines) is 1. The lowest BCUT2D eigenvalue weighted by molar-refractivity contribution is -0.140. The fraction of sp³-hybridized carbons (Fsp3) is 0.640. The molecule has 0 unspecified atom stereocenters. The van der Waals surface area contributed by atoms with Gasteiger partial charge in [-0.25, -0.2) is 0 Å². The lowest BCUT2D eigenvalue weighted by Crippen LogP contribution is -2.50. The lowest BCUT2D eigenvalue weighted by Gasteiger charge is -2.39. The van der Waals surface area contributed by atoms with Gasteiger partial charge in [-0.05, 0) is 49.0 Å². The summed E-state index contributed by atoms with van der Waals surface area (Å²) in [6.45, 7) is 6.73. The maximum Gasteiger partial charge on any atom is 0.245 e. The second kappa shape index (κ2) is 8.22. The van der Waals surface area contributed by atoms with Crippen molar-refractivity contribution in [2.45, 2.75) is 77.9 Å². The SMILES string of the molecule is CC(=O)c1nn(CC(=O)N2[C@@H]3C[C@@H]3C[C@H]2C(=O)NC[C@@H]2CCCCC2(C)C)c2cnccc12. The Morgan fingerprint density at radius 3 is 2.79 bits per heavy atom. The Balaban J connectivity index is 1.29. The molecule has 8 nitrogen and oxygen atoms in total. The number of fused-ring (bicyclic) bond motifs is 2. The van der Waals surface area contributed by atoms with Gasteiger partial charge in [-0.1, -0.05) is 26.7 Å². The number of hydrogen-bond donors (Lipinski definition) is 1. The van der Waals surface area contributed by atoms with E-state index in [-0.39, 0.29) is 35.6 Å². The Morgan fingerprint density at radius 2 is 2.03 bits per heavy atom. The summed E-state index contributed by atoms with van der Waals surface area (Å²) in [5, 5.41) is 8.27. The molecule has 1 saturated heterocycles. The van der Waals surface area contributed by atoms with E-state index in [0.29, 0.717) is 35.0 Å². The number of nitrogens with one attached hydrogen (secondary N) is 1. The van der Waals surface area contributed by atoms with Gasteiger partial charge in [0.15, 0.2) is 5.78 Å². The molecule has 2 aliphatic carbocycles. The third-order valence-corrected chi connectivity index (χ3v) is 8.12.